The summed E-state index contributed by atoms with van der Waals surface area (Å²) in [5.41, 5.74) is 21.1. The lowest BCUT2D eigenvalue weighted by atomic mass is 9.80. The summed E-state index contributed by atoms with van der Waals surface area (Å²) >= 11 is 0. The monoisotopic (exact) mass is 780 g/mol. The van der Waals surface area contributed by atoms with Crippen LogP contribution in [0.3, 0.4) is 0 Å². The summed E-state index contributed by atoms with van der Waals surface area (Å²) in [5, 5.41) is 9.86. The van der Waals surface area contributed by atoms with Crippen LogP contribution < -0.4 is 5.73 Å². The number of nitrogens with two attached hydrogens (primary N) is 1. The molecular formula is C59H44N2. The number of aliphatic imine (C=N–C) groups is 1. The number of rotatable bonds is 7. The maximum atomic E-state index is 6.77. The number of allylic oxidation sites excluding steroid dienone is 1. The van der Waals surface area contributed by atoms with Crippen molar-refractivity contribution in [2.75, 3.05) is 0 Å². The summed E-state index contributed by atoms with van der Waals surface area (Å²) < 4.78 is 0. The van der Waals surface area contributed by atoms with Crippen LogP contribution in [0.4, 0.5) is 0 Å². The van der Waals surface area contributed by atoms with Crippen molar-refractivity contribution in [2.45, 2.75) is 25.7 Å². The molecule has 10 aromatic carbocycles. The highest BCUT2D eigenvalue weighted by molar-refractivity contribution is 6.13. The van der Waals surface area contributed by atoms with Crippen LogP contribution in [-0.4, -0.2) is 5.84 Å². The molecule has 290 valence electrons. The summed E-state index contributed by atoms with van der Waals surface area (Å²) in [4.78, 5) is 5.17. The summed E-state index contributed by atoms with van der Waals surface area (Å²) in [6, 6.07) is 72.4. The lowest BCUT2D eigenvalue weighted by Gasteiger charge is -2.23. The van der Waals surface area contributed by atoms with Crippen molar-refractivity contribution in [3.63, 3.8) is 0 Å². The molecule has 2 heteroatoms. The Bertz CT molecular complexity index is 3420. The maximum Gasteiger partial charge on any atom is 0.131 e. The van der Waals surface area contributed by atoms with Gasteiger partial charge in [-0.3, -0.25) is 0 Å². The lowest BCUT2D eigenvalue weighted by Crippen LogP contribution is -2.15. The molecule has 1 aliphatic carbocycles. The fourth-order valence-corrected chi connectivity index (χ4v) is 10.0. The molecule has 0 amide bonds. The van der Waals surface area contributed by atoms with Crippen molar-refractivity contribution in [1.29, 1.82) is 0 Å². The quantitative estimate of drug-likeness (QED) is 0.127. The molecule has 10 aromatic rings. The first-order valence-corrected chi connectivity index (χ1v) is 21.2. The molecule has 0 spiro atoms. The molecule has 0 atom stereocenters. The van der Waals surface area contributed by atoms with Crippen molar-refractivity contribution in [1.82, 2.24) is 0 Å². The first kappa shape index (κ1) is 36.5. The zero-order valence-corrected chi connectivity index (χ0v) is 34.4. The summed E-state index contributed by atoms with van der Waals surface area (Å²) in [6.45, 7) is 4.77. The van der Waals surface area contributed by atoms with Gasteiger partial charge in [0.25, 0.3) is 0 Å². The van der Waals surface area contributed by atoms with E-state index in [4.69, 9.17) is 10.7 Å². The van der Waals surface area contributed by atoms with Crippen LogP contribution in [0, 0.1) is 0 Å². The standard InChI is InChI=1S/C59H44N2/c1-59(2)54-26-14-25-52(56(54)53-31-30-40-16-8-9-20-43(40)57(53)59)50-33-32-48(44-21-10-11-22-45(44)50)49-34-35-51(47-24-13-12-23-46(47)49)55(61-58(60)41-17-4-3-5-18-41)36-28-38-27-29-39-15-6-7-19-42(39)37-38/h3-27,29-37H,28H2,1-2H3,(H2,60,61)/b55-36-. The SMILES string of the molecule is CC1(C)c2cccc(-c3ccc(-c4ccc(/C(=C/Cc5ccc6ccccc6c5)N=C(N)c5ccccc5)c5ccccc45)c4ccccc34)c2-c2ccc3ccccc3c21. The van der Waals surface area contributed by atoms with Crippen molar-refractivity contribution in [3.05, 3.63) is 234 Å². The zero-order chi connectivity index (χ0) is 41.1. The van der Waals surface area contributed by atoms with Gasteiger partial charge < -0.3 is 5.73 Å². The van der Waals surface area contributed by atoms with E-state index in [0.29, 0.717) is 5.84 Å². The van der Waals surface area contributed by atoms with E-state index in [0.717, 1.165) is 28.6 Å². The molecule has 0 saturated heterocycles. The Morgan fingerprint density at radius 3 is 1.77 bits per heavy atom. The number of nitrogens with zero attached hydrogens (tertiary/aromatic N) is 1. The summed E-state index contributed by atoms with van der Waals surface area (Å²) in [5.74, 6) is 0.492. The van der Waals surface area contributed by atoms with Gasteiger partial charge in [0, 0.05) is 16.5 Å². The molecule has 0 saturated carbocycles. The number of fused-ring (bicyclic) bond motifs is 8. The van der Waals surface area contributed by atoms with Gasteiger partial charge in [0.1, 0.15) is 5.84 Å². The second-order valence-electron chi connectivity index (χ2n) is 16.8. The highest BCUT2D eigenvalue weighted by Crippen LogP contribution is 2.55. The van der Waals surface area contributed by atoms with Gasteiger partial charge in [0.2, 0.25) is 0 Å². The van der Waals surface area contributed by atoms with Gasteiger partial charge in [-0.2, -0.15) is 0 Å². The van der Waals surface area contributed by atoms with E-state index in [2.05, 4.69) is 190 Å². The van der Waals surface area contributed by atoms with Crippen LogP contribution in [0.15, 0.2) is 211 Å². The van der Waals surface area contributed by atoms with E-state index >= 15 is 0 Å². The first-order valence-electron chi connectivity index (χ1n) is 21.2. The Labute approximate surface area is 357 Å². The van der Waals surface area contributed by atoms with Crippen molar-refractivity contribution in [3.8, 4) is 33.4 Å². The molecule has 2 N–H and O–H groups in total. The van der Waals surface area contributed by atoms with Crippen molar-refractivity contribution in [2.24, 2.45) is 10.7 Å². The van der Waals surface area contributed by atoms with Crippen LogP contribution in [0.1, 0.15) is 41.7 Å². The molecule has 1 aliphatic rings. The molecule has 2 nitrogen and oxygen atoms in total. The van der Waals surface area contributed by atoms with E-state index in [1.54, 1.807) is 0 Å². The topological polar surface area (TPSA) is 38.4 Å². The minimum Gasteiger partial charge on any atom is -0.383 e. The number of benzene rings is 10. The Morgan fingerprint density at radius 2 is 1.03 bits per heavy atom. The van der Waals surface area contributed by atoms with E-state index in [1.807, 2.05) is 30.3 Å². The highest BCUT2D eigenvalue weighted by atomic mass is 14.9. The fraction of sp³-hybridized carbons (Fsp3) is 0.0678. The normalized spacial score (nSPS) is 13.5. The average molecular weight is 781 g/mol. The molecular weight excluding hydrogens is 737 g/mol. The van der Waals surface area contributed by atoms with E-state index in [9.17, 15) is 0 Å². The minimum absolute atomic E-state index is 0.128. The highest BCUT2D eigenvalue weighted by Gasteiger charge is 2.38. The molecule has 0 aliphatic heterocycles. The van der Waals surface area contributed by atoms with Gasteiger partial charge in [-0.05, 0) is 99.6 Å². The van der Waals surface area contributed by atoms with Gasteiger partial charge >= 0.3 is 0 Å². The Morgan fingerprint density at radius 1 is 0.475 bits per heavy atom. The second kappa shape index (κ2) is 14.6. The Kier molecular flexibility index (Phi) is 8.75. The first-order chi connectivity index (χ1) is 29.9. The second-order valence-corrected chi connectivity index (χ2v) is 16.8. The van der Waals surface area contributed by atoms with Crippen LogP contribution in [-0.2, 0) is 11.8 Å². The Balaban J connectivity index is 1.06. The lowest BCUT2D eigenvalue weighted by molar-refractivity contribution is 0.666. The summed E-state index contributed by atoms with van der Waals surface area (Å²) in [7, 11) is 0. The smallest absolute Gasteiger partial charge is 0.131 e. The molecule has 11 rings (SSSR count). The molecule has 0 radical (unpaired) electrons. The Hall–Kier alpha value is -7.55. The minimum atomic E-state index is -0.128. The molecule has 0 bridgehead atoms. The van der Waals surface area contributed by atoms with Gasteiger partial charge in [0.15, 0.2) is 0 Å². The van der Waals surface area contributed by atoms with Gasteiger partial charge in [-0.1, -0.05) is 220 Å². The van der Waals surface area contributed by atoms with E-state index in [1.165, 1.54) is 87.8 Å². The third kappa shape index (κ3) is 6.14. The van der Waals surface area contributed by atoms with Crippen LogP contribution in [0.5, 0.6) is 0 Å². The van der Waals surface area contributed by atoms with Crippen molar-refractivity contribution >= 4 is 54.6 Å². The van der Waals surface area contributed by atoms with Crippen LogP contribution in [0.25, 0.3) is 82.2 Å². The van der Waals surface area contributed by atoms with Gasteiger partial charge in [-0.15, -0.1) is 0 Å². The zero-order valence-electron chi connectivity index (χ0n) is 34.4. The average Bonchev–Trinajstić information content (AvgIpc) is 3.56. The third-order valence-electron chi connectivity index (χ3n) is 12.9. The van der Waals surface area contributed by atoms with Crippen molar-refractivity contribution < 1.29 is 0 Å². The van der Waals surface area contributed by atoms with Crippen LogP contribution in [0.2, 0.25) is 0 Å². The molecule has 0 heterocycles. The molecule has 61 heavy (non-hydrogen) atoms. The molecule has 0 fully saturated rings. The largest absolute Gasteiger partial charge is 0.383 e. The maximum absolute atomic E-state index is 6.77. The number of amidine groups is 1. The number of hydrogen-bond acceptors (Lipinski definition) is 1. The fourth-order valence-electron chi connectivity index (χ4n) is 10.0. The third-order valence-corrected chi connectivity index (χ3v) is 12.9. The molecule has 0 unspecified atom stereocenters. The summed E-state index contributed by atoms with van der Waals surface area (Å²) in [6.07, 6.45) is 2.95. The van der Waals surface area contributed by atoms with Gasteiger partial charge in [0.05, 0.1) is 5.70 Å². The van der Waals surface area contributed by atoms with Crippen LogP contribution >= 0.6 is 0 Å². The van der Waals surface area contributed by atoms with E-state index < -0.39 is 0 Å². The predicted molar refractivity (Wildman–Crippen MR) is 260 cm³/mol. The van der Waals surface area contributed by atoms with E-state index in [-0.39, 0.29) is 5.41 Å². The number of hydrogen-bond donors (Lipinski definition) is 1. The van der Waals surface area contributed by atoms with Gasteiger partial charge in [-0.25, -0.2) is 4.99 Å². The predicted octanol–water partition coefficient (Wildman–Crippen LogP) is 14.9. The molecule has 0 aromatic heterocycles.